The second-order valence-corrected chi connectivity index (χ2v) is 9.12. The highest BCUT2D eigenvalue weighted by atomic mass is 32.1. The van der Waals surface area contributed by atoms with Crippen molar-refractivity contribution in [3.63, 3.8) is 0 Å². The summed E-state index contributed by atoms with van der Waals surface area (Å²) < 4.78 is 3.53. The summed E-state index contributed by atoms with van der Waals surface area (Å²) in [5.74, 6) is 6.22. The van der Waals surface area contributed by atoms with Gasteiger partial charge in [0.1, 0.15) is 11.3 Å². The van der Waals surface area contributed by atoms with E-state index in [-0.39, 0.29) is 17.3 Å². The number of fused-ring (bicyclic) bond motifs is 2. The Bertz CT molecular complexity index is 1810. The van der Waals surface area contributed by atoms with E-state index in [2.05, 4.69) is 32.2 Å². The smallest absolute Gasteiger partial charge is 0.259 e. The van der Waals surface area contributed by atoms with Gasteiger partial charge in [0.25, 0.3) is 5.91 Å². The fraction of sp³-hybridized carbons (Fsp3) is 0.0741. The third-order valence-corrected chi connectivity index (χ3v) is 6.69. The van der Waals surface area contributed by atoms with E-state index in [4.69, 9.17) is 10.7 Å². The summed E-state index contributed by atoms with van der Waals surface area (Å²) in [7, 11) is 0. The number of thiazole rings is 1. The molecule has 1 amide bonds. The van der Waals surface area contributed by atoms with E-state index in [1.54, 1.807) is 30.9 Å². The molecule has 0 fully saturated rings. The van der Waals surface area contributed by atoms with Crippen LogP contribution in [0.25, 0.3) is 21.9 Å². The monoisotopic (exact) mass is 504 g/mol. The van der Waals surface area contributed by atoms with Gasteiger partial charge < -0.3 is 11.1 Å². The fourth-order valence-corrected chi connectivity index (χ4v) is 5.00. The molecule has 1 atom stereocenters. The number of benzene rings is 1. The molecule has 6 aromatic rings. The molecule has 0 unspecified atom stereocenters. The first kappa shape index (κ1) is 22.5. The van der Waals surface area contributed by atoms with Crippen LogP contribution < -0.4 is 11.1 Å². The maximum atomic E-state index is 13.3. The van der Waals surface area contributed by atoms with Gasteiger partial charge in [-0.25, -0.2) is 14.5 Å². The van der Waals surface area contributed by atoms with Gasteiger partial charge in [0.15, 0.2) is 16.4 Å². The van der Waals surface area contributed by atoms with E-state index in [0.29, 0.717) is 5.65 Å². The number of carbonyl (C=O) groups excluding carboxylic acids is 1. The van der Waals surface area contributed by atoms with Crippen molar-refractivity contribution in [2.45, 2.75) is 13.0 Å². The maximum Gasteiger partial charge on any atom is 0.259 e. The molecule has 1 aromatic carbocycles. The molecular weight excluding hydrogens is 484 g/mol. The summed E-state index contributed by atoms with van der Waals surface area (Å²) in [6.45, 7) is 1.90. The number of nitrogens with zero attached hydrogens (tertiary/aromatic N) is 6. The number of carbonyl (C=O) groups is 1. The molecule has 0 spiro atoms. The van der Waals surface area contributed by atoms with E-state index in [0.717, 1.165) is 33.2 Å². The third kappa shape index (κ3) is 4.07. The Kier molecular flexibility index (Phi) is 5.59. The lowest BCUT2D eigenvalue weighted by Crippen LogP contribution is -2.28. The minimum atomic E-state index is -0.436. The number of amides is 1. The van der Waals surface area contributed by atoms with Crippen molar-refractivity contribution in [1.29, 1.82) is 0 Å². The molecule has 5 aromatic heterocycles. The van der Waals surface area contributed by atoms with E-state index in [1.807, 2.05) is 59.2 Å². The van der Waals surface area contributed by atoms with Crippen LogP contribution in [-0.4, -0.2) is 34.9 Å². The lowest BCUT2D eigenvalue weighted by Gasteiger charge is -2.14. The minimum Gasteiger partial charge on any atom is -0.381 e. The molecule has 0 saturated heterocycles. The van der Waals surface area contributed by atoms with Crippen LogP contribution in [0, 0.1) is 11.8 Å². The molecule has 0 aliphatic heterocycles. The first-order chi connectivity index (χ1) is 18.1. The molecule has 0 saturated carbocycles. The quantitative estimate of drug-likeness (QED) is 0.351. The number of pyridine rings is 1. The summed E-state index contributed by atoms with van der Waals surface area (Å²) in [5.41, 5.74) is 10.9. The molecule has 3 N–H and O–H groups in total. The molecule has 9 nitrogen and oxygen atoms in total. The fourth-order valence-electron chi connectivity index (χ4n) is 4.17. The first-order valence-corrected chi connectivity index (χ1v) is 12.3. The largest absolute Gasteiger partial charge is 0.381 e. The van der Waals surface area contributed by atoms with E-state index in [9.17, 15) is 4.79 Å². The highest BCUT2D eigenvalue weighted by molar-refractivity contribution is 7.15. The van der Waals surface area contributed by atoms with Crippen molar-refractivity contribution >= 4 is 33.7 Å². The topological polar surface area (TPSA) is 116 Å². The number of nitrogen functional groups attached to an aromatic ring is 1. The Hall–Kier alpha value is -5.01. The van der Waals surface area contributed by atoms with Crippen molar-refractivity contribution < 1.29 is 4.79 Å². The van der Waals surface area contributed by atoms with E-state index >= 15 is 0 Å². The SMILES string of the molecule is C[C@H](NC(=O)c1c(N)nn2cccnc12)c1nc2scc(C#Cc3ccncc3)n2c1-c1ccccc1. The molecule has 10 heteroatoms. The van der Waals surface area contributed by atoms with Gasteiger partial charge in [0.2, 0.25) is 0 Å². The Morgan fingerprint density at radius 2 is 1.89 bits per heavy atom. The molecule has 6 rings (SSSR count). The van der Waals surface area contributed by atoms with Crippen LogP contribution in [0.4, 0.5) is 5.82 Å². The van der Waals surface area contributed by atoms with Crippen LogP contribution >= 0.6 is 11.3 Å². The van der Waals surface area contributed by atoms with Crippen LogP contribution in [0.15, 0.2) is 78.7 Å². The van der Waals surface area contributed by atoms with Gasteiger partial charge >= 0.3 is 0 Å². The molecule has 0 bridgehead atoms. The number of aromatic nitrogens is 6. The Morgan fingerprint density at radius 3 is 2.70 bits per heavy atom. The standard InChI is InChI=1S/C27H20N8OS/c1-17(31-26(36)21-24(28)33-34-15-5-12-30-25(21)34)22-23(19-6-3-2-4-7-19)35-20(16-37-27(35)32-22)9-8-18-10-13-29-14-11-18/h2-7,10-17H,1H3,(H2,28,33)(H,31,36)/t17-/m0/s1. The van der Waals surface area contributed by atoms with Crippen molar-refractivity contribution in [2.75, 3.05) is 5.73 Å². The summed E-state index contributed by atoms with van der Waals surface area (Å²) in [6.07, 6.45) is 6.73. The van der Waals surface area contributed by atoms with E-state index < -0.39 is 6.04 Å². The van der Waals surface area contributed by atoms with Gasteiger partial charge in [0, 0.05) is 41.3 Å². The molecule has 0 radical (unpaired) electrons. The lowest BCUT2D eigenvalue weighted by atomic mass is 10.1. The van der Waals surface area contributed by atoms with Gasteiger partial charge in [-0.2, -0.15) is 0 Å². The van der Waals surface area contributed by atoms with Crippen LogP contribution in [-0.2, 0) is 0 Å². The normalized spacial score (nSPS) is 11.8. The molecule has 0 aliphatic carbocycles. The number of rotatable bonds is 4. The van der Waals surface area contributed by atoms with Crippen LogP contribution in [0.1, 0.15) is 40.3 Å². The van der Waals surface area contributed by atoms with Crippen LogP contribution in [0.5, 0.6) is 0 Å². The zero-order valence-corrected chi connectivity index (χ0v) is 20.5. The van der Waals surface area contributed by atoms with Gasteiger partial charge in [0.05, 0.1) is 17.4 Å². The number of nitrogens with two attached hydrogens (primary N) is 1. The number of imidazole rings is 1. The number of hydrogen-bond acceptors (Lipinski definition) is 7. The summed E-state index contributed by atoms with van der Waals surface area (Å²) in [6, 6.07) is 15.0. The number of anilines is 1. The van der Waals surface area contributed by atoms with Crippen molar-refractivity contribution in [3.05, 3.63) is 101 Å². The lowest BCUT2D eigenvalue weighted by molar-refractivity contribution is 0.0941. The van der Waals surface area contributed by atoms with Crippen LogP contribution in [0.2, 0.25) is 0 Å². The van der Waals surface area contributed by atoms with Gasteiger partial charge in [-0.3, -0.25) is 14.2 Å². The average molecular weight is 505 g/mol. The third-order valence-electron chi connectivity index (χ3n) is 5.86. The highest BCUT2D eigenvalue weighted by Gasteiger charge is 2.26. The predicted molar refractivity (Wildman–Crippen MR) is 142 cm³/mol. The van der Waals surface area contributed by atoms with Gasteiger partial charge in [-0.1, -0.05) is 36.3 Å². The molecule has 180 valence electrons. The van der Waals surface area contributed by atoms with Crippen molar-refractivity contribution in [3.8, 4) is 23.1 Å². The molecule has 0 aliphatic rings. The molecule has 37 heavy (non-hydrogen) atoms. The molecular formula is C27H20N8OS. The van der Waals surface area contributed by atoms with Crippen molar-refractivity contribution in [1.82, 2.24) is 34.3 Å². The zero-order valence-electron chi connectivity index (χ0n) is 19.7. The average Bonchev–Trinajstić information content (AvgIpc) is 3.59. The maximum absolute atomic E-state index is 13.3. The predicted octanol–water partition coefficient (Wildman–Crippen LogP) is 3.97. The first-order valence-electron chi connectivity index (χ1n) is 11.5. The summed E-state index contributed by atoms with van der Waals surface area (Å²) in [5, 5.41) is 9.23. The number of nitrogens with one attached hydrogen (secondary N) is 1. The zero-order chi connectivity index (χ0) is 25.4. The Balaban J connectivity index is 1.42. The van der Waals surface area contributed by atoms with Gasteiger partial charge in [-0.15, -0.1) is 16.4 Å². The minimum absolute atomic E-state index is 0.117. The second kappa shape index (κ2) is 9.22. The summed E-state index contributed by atoms with van der Waals surface area (Å²) >= 11 is 1.50. The second-order valence-electron chi connectivity index (χ2n) is 8.28. The van der Waals surface area contributed by atoms with Crippen LogP contribution in [0.3, 0.4) is 0 Å². The Labute approximate surface area is 215 Å². The Morgan fingerprint density at radius 1 is 1.08 bits per heavy atom. The van der Waals surface area contributed by atoms with Crippen molar-refractivity contribution in [2.24, 2.45) is 0 Å². The molecule has 5 heterocycles. The summed E-state index contributed by atoms with van der Waals surface area (Å²) in [4.78, 5) is 27.3. The van der Waals surface area contributed by atoms with Gasteiger partial charge in [-0.05, 0) is 31.0 Å². The van der Waals surface area contributed by atoms with E-state index in [1.165, 1.54) is 15.9 Å². The highest BCUT2D eigenvalue weighted by Crippen LogP contribution is 2.33. The number of hydrogen-bond donors (Lipinski definition) is 2.